The number of likely N-dealkylation sites (N-methyl/N-ethyl adjacent to an activating group) is 1. The van der Waals surface area contributed by atoms with Gasteiger partial charge in [0.1, 0.15) is 5.82 Å². The third kappa shape index (κ3) is 4.68. The number of amides is 1. The van der Waals surface area contributed by atoms with Crippen LogP contribution in [0.2, 0.25) is 5.02 Å². The number of benzene rings is 2. The summed E-state index contributed by atoms with van der Waals surface area (Å²) in [6.45, 7) is 0.115. The molecular formula is C17H18ClFN2O2. The van der Waals surface area contributed by atoms with Crippen molar-refractivity contribution in [2.45, 2.75) is 13.2 Å². The second-order valence-electron chi connectivity index (χ2n) is 5.17. The molecule has 2 rings (SSSR count). The summed E-state index contributed by atoms with van der Waals surface area (Å²) in [4.78, 5) is 13.6. The molecule has 6 heteroatoms. The molecule has 2 aromatic carbocycles. The highest BCUT2D eigenvalue weighted by atomic mass is 35.5. The normalized spacial score (nSPS) is 10.4. The lowest BCUT2D eigenvalue weighted by atomic mass is 10.2. The maximum absolute atomic E-state index is 13.6. The maximum Gasteiger partial charge on any atom is 0.241 e. The average Bonchev–Trinajstić information content (AvgIpc) is 2.55. The van der Waals surface area contributed by atoms with Crippen LogP contribution >= 0.6 is 11.6 Å². The zero-order chi connectivity index (χ0) is 16.8. The Labute approximate surface area is 139 Å². The van der Waals surface area contributed by atoms with E-state index in [9.17, 15) is 9.18 Å². The molecule has 0 saturated carbocycles. The molecule has 2 N–H and O–H groups in total. The van der Waals surface area contributed by atoms with Gasteiger partial charge in [0, 0.05) is 19.2 Å². The molecule has 0 fully saturated rings. The van der Waals surface area contributed by atoms with Gasteiger partial charge in [0.15, 0.2) is 0 Å². The Balaban J connectivity index is 1.95. The minimum Gasteiger partial charge on any atom is -0.392 e. The average molecular weight is 337 g/mol. The van der Waals surface area contributed by atoms with Crippen molar-refractivity contribution in [1.29, 1.82) is 0 Å². The van der Waals surface area contributed by atoms with Crippen LogP contribution < -0.4 is 5.32 Å². The zero-order valence-corrected chi connectivity index (χ0v) is 13.5. The standard InChI is InChI=1S/C17H18ClFN2O2/c1-21(10-13-4-2-3-5-15(13)19)17(23)9-20-16-8-12(11-22)6-7-14(16)18/h2-8,20,22H,9-11H2,1H3. The van der Waals surface area contributed by atoms with Crippen LogP contribution in [0.3, 0.4) is 0 Å². The summed E-state index contributed by atoms with van der Waals surface area (Å²) in [6.07, 6.45) is 0. The Morgan fingerprint density at radius 1 is 1.30 bits per heavy atom. The largest absolute Gasteiger partial charge is 0.392 e. The molecule has 0 unspecified atom stereocenters. The number of anilines is 1. The lowest BCUT2D eigenvalue weighted by Gasteiger charge is -2.18. The van der Waals surface area contributed by atoms with E-state index in [1.54, 1.807) is 43.4 Å². The molecule has 0 bridgehead atoms. The summed E-state index contributed by atoms with van der Waals surface area (Å²) in [5.41, 5.74) is 1.73. The van der Waals surface area contributed by atoms with Crippen LogP contribution in [0.15, 0.2) is 42.5 Å². The van der Waals surface area contributed by atoms with E-state index in [0.717, 1.165) is 0 Å². The third-order valence-corrected chi connectivity index (χ3v) is 3.76. The summed E-state index contributed by atoms with van der Waals surface area (Å²) in [6, 6.07) is 11.4. The second kappa shape index (κ2) is 7.94. The Kier molecular flexibility index (Phi) is 5.96. The van der Waals surface area contributed by atoms with Gasteiger partial charge < -0.3 is 15.3 Å². The van der Waals surface area contributed by atoms with Gasteiger partial charge in [-0.15, -0.1) is 0 Å². The predicted molar refractivity (Wildman–Crippen MR) is 88.7 cm³/mol. The van der Waals surface area contributed by atoms with E-state index in [1.165, 1.54) is 11.0 Å². The fraction of sp³-hybridized carbons (Fsp3) is 0.235. The van der Waals surface area contributed by atoms with Gasteiger partial charge in [-0.1, -0.05) is 35.9 Å². The highest BCUT2D eigenvalue weighted by Crippen LogP contribution is 2.23. The predicted octanol–water partition coefficient (Wildman–Crippen LogP) is 3.04. The van der Waals surface area contributed by atoms with Crippen molar-refractivity contribution in [3.05, 3.63) is 64.4 Å². The first-order chi connectivity index (χ1) is 11.0. The Hall–Kier alpha value is -2.11. The molecular weight excluding hydrogens is 319 g/mol. The fourth-order valence-corrected chi connectivity index (χ4v) is 2.27. The molecule has 0 saturated heterocycles. The van der Waals surface area contributed by atoms with E-state index in [1.807, 2.05) is 0 Å². The van der Waals surface area contributed by atoms with E-state index in [0.29, 0.717) is 21.8 Å². The summed E-state index contributed by atoms with van der Waals surface area (Å²) in [7, 11) is 1.61. The first-order valence-electron chi connectivity index (χ1n) is 7.11. The van der Waals surface area contributed by atoms with Crippen molar-refractivity contribution in [1.82, 2.24) is 4.90 Å². The molecule has 122 valence electrons. The van der Waals surface area contributed by atoms with Crippen LogP contribution in [-0.4, -0.2) is 29.5 Å². The van der Waals surface area contributed by atoms with Crippen molar-refractivity contribution >= 4 is 23.2 Å². The molecule has 0 aliphatic heterocycles. The van der Waals surface area contributed by atoms with Crippen LogP contribution in [0.25, 0.3) is 0 Å². The van der Waals surface area contributed by atoms with Crippen molar-refractivity contribution in [3.8, 4) is 0 Å². The second-order valence-corrected chi connectivity index (χ2v) is 5.57. The minimum absolute atomic E-state index is 0.0273. The number of carbonyl (C=O) groups is 1. The molecule has 0 atom stereocenters. The van der Waals surface area contributed by atoms with Gasteiger partial charge in [-0.05, 0) is 23.8 Å². The van der Waals surface area contributed by atoms with Crippen molar-refractivity contribution in [3.63, 3.8) is 0 Å². The first kappa shape index (κ1) is 17.2. The van der Waals surface area contributed by atoms with Crippen LogP contribution in [0.5, 0.6) is 0 Å². The van der Waals surface area contributed by atoms with Crippen LogP contribution in [0.1, 0.15) is 11.1 Å². The minimum atomic E-state index is -0.334. The van der Waals surface area contributed by atoms with E-state index < -0.39 is 0 Å². The van der Waals surface area contributed by atoms with Crippen molar-refractivity contribution in [2.24, 2.45) is 0 Å². The van der Waals surface area contributed by atoms with E-state index in [2.05, 4.69) is 5.32 Å². The van der Waals surface area contributed by atoms with Crippen molar-refractivity contribution < 1.29 is 14.3 Å². The smallest absolute Gasteiger partial charge is 0.241 e. The number of carbonyl (C=O) groups excluding carboxylic acids is 1. The van der Waals surface area contributed by atoms with Gasteiger partial charge in [0.25, 0.3) is 0 Å². The number of rotatable bonds is 6. The summed E-state index contributed by atoms with van der Waals surface area (Å²) >= 11 is 6.05. The fourth-order valence-electron chi connectivity index (χ4n) is 2.08. The van der Waals surface area contributed by atoms with E-state index in [-0.39, 0.29) is 31.4 Å². The zero-order valence-electron chi connectivity index (χ0n) is 12.7. The summed E-state index contributed by atoms with van der Waals surface area (Å²) in [5, 5.41) is 12.5. The summed E-state index contributed by atoms with van der Waals surface area (Å²) in [5.74, 6) is -0.530. The van der Waals surface area contributed by atoms with Crippen molar-refractivity contribution in [2.75, 3.05) is 18.9 Å². The highest BCUT2D eigenvalue weighted by Gasteiger charge is 2.12. The van der Waals surface area contributed by atoms with E-state index >= 15 is 0 Å². The first-order valence-corrected chi connectivity index (χ1v) is 7.49. The van der Waals surface area contributed by atoms with Crippen LogP contribution in [-0.2, 0) is 17.9 Å². The molecule has 4 nitrogen and oxygen atoms in total. The number of hydrogen-bond acceptors (Lipinski definition) is 3. The monoisotopic (exact) mass is 336 g/mol. The Morgan fingerprint density at radius 3 is 2.74 bits per heavy atom. The number of aliphatic hydroxyl groups is 1. The highest BCUT2D eigenvalue weighted by molar-refractivity contribution is 6.33. The maximum atomic E-state index is 13.6. The number of nitrogens with zero attached hydrogens (tertiary/aromatic N) is 1. The lowest BCUT2D eigenvalue weighted by molar-refractivity contribution is -0.128. The third-order valence-electron chi connectivity index (χ3n) is 3.43. The Morgan fingerprint density at radius 2 is 2.04 bits per heavy atom. The van der Waals surface area contributed by atoms with Gasteiger partial charge in [0.2, 0.25) is 5.91 Å². The van der Waals surface area contributed by atoms with E-state index in [4.69, 9.17) is 16.7 Å². The molecule has 0 aromatic heterocycles. The summed E-state index contributed by atoms with van der Waals surface area (Å²) < 4.78 is 13.6. The molecule has 23 heavy (non-hydrogen) atoms. The molecule has 0 spiro atoms. The molecule has 0 radical (unpaired) electrons. The molecule has 0 heterocycles. The number of aliphatic hydroxyl groups excluding tert-OH is 1. The molecule has 0 aliphatic carbocycles. The number of halogens is 2. The van der Waals surface area contributed by atoms with Gasteiger partial charge in [0.05, 0.1) is 23.9 Å². The van der Waals surface area contributed by atoms with Crippen LogP contribution in [0, 0.1) is 5.82 Å². The number of hydrogen-bond donors (Lipinski definition) is 2. The topological polar surface area (TPSA) is 52.6 Å². The lowest BCUT2D eigenvalue weighted by Crippen LogP contribution is -2.32. The molecule has 1 amide bonds. The SMILES string of the molecule is CN(Cc1ccccc1F)C(=O)CNc1cc(CO)ccc1Cl. The number of nitrogens with one attached hydrogen (secondary N) is 1. The van der Waals surface area contributed by atoms with Gasteiger partial charge in [-0.3, -0.25) is 4.79 Å². The van der Waals surface area contributed by atoms with Gasteiger partial charge >= 0.3 is 0 Å². The van der Waals surface area contributed by atoms with Gasteiger partial charge in [-0.2, -0.15) is 0 Å². The molecule has 2 aromatic rings. The molecule has 0 aliphatic rings. The van der Waals surface area contributed by atoms with Gasteiger partial charge in [-0.25, -0.2) is 4.39 Å². The van der Waals surface area contributed by atoms with Crippen LogP contribution in [0.4, 0.5) is 10.1 Å². The Bertz CT molecular complexity index is 694. The quantitative estimate of drug-likeness (QED) is 0.852.